The van der Waals surface area contributed by atoms with Crippen molar-refractivity contribution in [3.8, 4) is 0 Å². The summed E-state index contributed by atoms with van der Waals surface area (Å²) in [7, 11) is 0. The van der Waals surface area contributed by atoms with Crippen molar-refractivity contribution in [3.63, 3.8) is 0 Å². The van der Waals surface area contributed by atoms with E-state index in [1.807, 2.05) is 0 Å². The van der Waals surface area contributed by atoms with E-state index in [1.165, 1.54) is 75.6 Å². The average Bonchev–Trinajstić information content (AvgIpc) is 2.57. The van der Waals surface area contributed by atoms with E-state index in [0.717, 1.165) is 0 Å². The van der Waals surface area contributed by atoms with Gasteiger partial charge in [-0.2, -0.15) is 0 Å². The summed E-state index contributed by atoms with van der Waals surface area (Å²) in [4.78, 5) is 0. The molecule has 0 radical (unpaired) electrons. The van der Waals surface area contributed by atoms with E-state index >= 15 is 0 Å². The first kappa shape index (κ1) is 20.9. The van der Waals surface area contributed by atoms with Gasteiger partial charge in [0.15, 0.2) is 0 Å². The van der Waals surface area contributed by atoms with Gasteiger partial charge in [0.05, 0.1) is 0 Å². The van der Waals surface area contributed by atoms with Crippen LogP contribution in [0, 0.1) is 0 Å². The van der Waals surface area contributed by atoms with E-state index in [2.05, 4.69) is 62.6 Å². The van der Waals surface area contributed by atoms with Crippen LogP contribution in [0.5, 0.6) is 0 Å². The summed E-state index contributed by atoms with van der Waals surface area (Å²) >= 11 is 0. The van der Waals surface area contributed by atoms with Crippen LogP contribution >= 0.6 is 0 Å². The van der Waals surface area contributed by atoms with Gasteiger partial charge in [0.1, 0.15) is 0 Å². The van der Waals surface area contributed by atoms with Gasteiger partial charge in [-0.3, -0.25) is 0 Å². The Labute approximate surface area is 150 Å². The number of rotatable bonds is 14. The van der Waals surface area contributed by atoms with Gasteiger partial charge in [-0.15, -0.1) is 0 Å². The smallest absolute Gasteiger partial charge is 0.0343 e. The Morgan fingerprint density at radius 3 is 1.33 bits per heavy atom. The molecule has 0 unspecified atom stereocenters. The molecule has 1 rings (SSSR count). The summed E-state index contributed by atoms with van der Waals surface area (Å²) < 4.78 is 0. The van der Waals surface area contributed by atoms with E-state index < -0.39 is 0 Å². The first-order valence-electron chi connectivity index (χ1n) is 10.3. The molecule has 0 saturated carbocycles. The molecule has 24 heavy (non-hydrogen) atoms. The molecule has 0 spiro atoms. The fourth-order valence-corrected chi connectivity index (χ4v) is 3.13. The summed E-state index contributed by atoms with van der Waals surface area (Å²) in [6.45, 7) is 9.11. The van der Waals surface area contributed by atoms with Gasteiger partial charge < -0.3 is 10.6 Å². The molecule has 2 heteroatoms. The van der Waals surface area contributed by atoms with Crippen molar-refractivity contribution in [2.45, 2.75) is 104 Å². The standard InChI is InChI=1S/C22H40N2/c1-5-7-9-11-13-19(3)23-21-15-17-22(18-16-21)24-20(4)14-12-10-8-6-2/h15-20,23-24H,5-14H2,1-4H3/t19-,20-/m1/s1. The molecule has 0 aliphatic carbocycles. The first-order valence-corrected chi connectivity index (χ1v) is 10.3. The van der Waals surface area contributed by atoms with Gasteiger partial charge >= 0.3 is 0 Å². The first-order chi connectivity index (χ1) is 11.7. The van der Waals surface area contributed by atoms with Gasteiger partial charge in [0, 0.05) is 23.5 Å². The highest BCUT2D eigenvalue weighted by Crippen LogP contribution is 2.18. The number of hydrogen-bond acceptors (Lipinski definition) is 2. The van der Waals surface area contributed by atoms with Crippen LogP contribution in [-0.2, 0) is 0 Å². The highest BCUT2D eigenvalue weighted by atomic mass is 14.9. The van der Waals surface area contributed by atoms with E-state index in [1.54, 1.807) is 0 Å². The molecule has 0 aliphatic heterocycles. The maximum absolute atomic E-state index is 3.62. The van der Waals surface area contributed by atoms with Crippen molar-refractivity contribution in [1.29, 1.82) is 0 Å². The van der Waals surface area contributed by atoms with Crippen molar-refractivity contribution in [2.24, 2.45) is 0 Å². The Morgan fingerprint density at radius 1 is 0.625 bits per heavy atom. The topological polar surface area (TPSA) is 24.1 Å². The van der Waals surface area contributed by atoms with E-state index in [9.17, 15) is 0 Å². The zero-order valence-electron chi connectivity index (χ0n) is 16.5. The molecule has 0 aliphatic rings. The highest BCUT2D eigenvalue weighted by Gasteiger charge is 2.04. The van der Waals surface area contributed by atoms with Crippen LogP contribution in [0.1, 0.15) is 91.9 Å². The van der Waals surface area contributed by atoms with Gasteiger partial charge in [-0.1, -0.05) is 65.2 Å². The second-order valence-electron chi connectivity index (χ2n) is 7.37. The number of anilines is 2. The average molecular weight is 333 g/mol. The van der Waals surface area contributed by atoms with E-state index in [0.29, 0.717) is 12.1 Å². The van der Waals surface area contributed by atoms with Crippen molar-refractivity contribution in [2.75, 3.05) is 10.6 Å². The Kier molecular flexibility index (Phi) is 11.4. The fourth-order valence-electron chi connectivity index (χ4n) is 3.13. The van der Waals surface area contributed by atoms with Crippen molar-refractivity contribution in [1.82, 2.24) is 0 Å². The third kappa shape index (κ3) is 9.85. The van der Waals surface area contributed by atoms with Crippen LogP contribution < -0.4 is 10.6 Å². The van der Waals surface area contributed by atoms with Gasteiger partial charge in [-0.05, 0) is 51.0 Å². The van der Waals surface area contributed by atoms with Crippen LogP contribution in [0.3, 0.4) is 0 Å². The molecule has 138 valence electrons. The summed E-state index contributed by atoms with van der Waals surface area (Å²) in [6, 6.07) is 9.92. The Hall–Kier alpha value is -1.18. The zero-order chi connectivity index (χ0) is 17.6. The molecule has 0 heterocycles. The predicted molar refractivity (Wildman–Crippen MR) is 110 cm³/mol. The second-order valence-corrected chi connectivity index (χ2v) is 7.37. The van der Waals surface area contributed by atoms with Crippen LogP contribution in [-0.4, -0.2) is 12.1 Å². The molecular formula is C22H40N2. The summed E-state index contributed by atoms with van der Waals surface area (Å²) in [6.07, 6.45) is 13.3. The fraction of sp³-hybridized carbons (Fsp3) is 0.727. The molecule has 2 atom stereocenters. The van der Waals surface area contributed by atoms with Gasteiger partial charge in [0.25, 0.3) is 0 Å². The van der Waals surface area contributed by atoms with Gasteiger partial charge in [-0.25, -0.2) is 0 Å². The van der Waals surface area contributed by atoms with Crippen LogP contribution in [0.2, 0.25) is 0 Å². The normalized spacial score (nSPS) is 13.5. The molecule has 2 nitrogen and oxygen atoms in total. The summed E-state index contributed by atoms with van der Waals surface area (Å²) in [5, 5.41) is 7.24. The highest BCUT2D eigenvalue weighted by molar-refractivity contribution is 5.54. The van der Waals surface area contributed by atoms with Crippen LogP contribution in [0.15, 0.2) is 24.3 Å². The minimum absolute atomic E-state index is 0.554. The number of hydrogen-bond donors (Lipinski definition) is 2. The molecule has 0 bridgehead atoms. The SMILES string of the molecule is CCCCCC[C@@H](C)Nc1ccc(N[C@H](C)CCCCCC)cc1. The maximum atomic E-state index is 3.62. The number of nitrogens with one attached hydrogen (secondary N) is 2. The van der Waals surface area contributed by atoms with E-state index in [4.69, 9.17) is 0 Å². The Balaban J connectivity index is 2.26. The van der Waals surface area contributed by atoms with Gasteiger partial charge in [0.2, 0.25) is 0 Å². The molecule has 2 N–H and O–H groups in total. The predicted octanol–water partition coefficient (Wildman–Crippen LogP) is 7.23. The minimum atomic E-state index is 0.554. The lowest BCUT2D eigenvalue weighted by Gasteiger charge is -2.17. The number of unbranched alkanes of at least 4 members (excludes halogenated alkanes) is 6. The van der Waals surface area contributed by atoms with Crippen LogP contribution in [0.25, 0.3) is 0 Å². The van der Waals surface area contributed by atoms with Crippen molar-refractivity contribution >= 4 is 11.4 Å². The number of benzene rings is 1. The van der Waals surface area contributed by atoms with Crippen LogP contribution in [0.4, 0.5) is 11.4 Å². The Bertz CT molecular complexity index is 360. The van der Waals surface area contributed by atoms with Crippen molar-refractivity contribution < 1.29 is 0 Å². The second kappa shape index (κ2) is 13.1. The summed E-state index contributed by atoms with van der Waals surface area (Å²) in [5.74, 6) is 0. The molecule has 0 fully saturated rings. The molecule has 0 amide bonds. The quantitative estimate of drug-likeness (QED) is 0.351. The lowest BCUT2D eigenvalue weighted by Crippen LogP contribution is -2.16. The van der Waals surface area contributed by atoms with E-state index in [-0.39, 0.29) is 0 Å². The van der Waals surface area contributed by atoms with Crippen molar-refractivity contribution in [3.05, 3.63) is 24.3 Å². The monoisotopic (exact) mass is 332 g/mol. The maximum Gasteiger partial charge on any atom is 0.0343 e. The Morgan fingerprint density at radius 2 is 1.00 bits per heavy atom. The lowest BCUT2D eigenvalue weighted by atomic mass is 10.1. The third-order valence-corrected chi connectivity index (χ3v) is 4.69. The molecule has 0 aromatic heterocycles. The molecule has 0 saturated heterocycles. The lowest BCUT2D eigenvalue weighted by molar-refractivity contribution is 0.593. The summed E-state index contributed by atoms with van der Waals surface area (Å²) in [5.41, 5.74) is 2.47. The molecule has 1 aromatic carbocycles. The molecular weight excluding hydrogens is 292 g/mol. The largest absolute Gasteiger partial charge is 0.383 e. The minimum Gasteiger partial charge on any atom is -0.383 e. The molecule has 1 aromatic rings. The third-order valence-electron chi connectivity index (χ3n) is 4.69. The zero-order valence-corrected chi connectivity index (χ0v) is 16.5.